The zero-order valence-electron chi connectivity index (χ0n) is 22.3. The standard InChI is InChI=1S/C30H27ClN6O4/c1-16-35-36-30-24(15-28(40)32-10-9-20-11-18-12-26(38)27(39)14-23(18)33-20)34-29(17-3-5-19(31)6-4-17)22-13-21(41-2)7-8-25(22)37(16)30/h3-8,11-14,24,33,38-39H,9-10,15H2,1-2H3,(H,32,40)/t24-/m0/s1. The number of benzene rings is 3. The van der Waals surface area contributed by atoms with Gasteiger partial charge >= 0.3 is 0 Å². The number of ether oxygens (including phenoxy) is 1. The number of halogens is 1. The number of aryl methyl sites for hydroxylation is 1. The minimum atomic E-state index is -0.598. The number of fused-ring (bicyclic) bond motifs is 4. The van der Waals surface area contributed by atoms with Gasteiger partial charge in [-0.2, -0.15) is 0 Å². The zero-order valence-corrected chi connectivity index (χ0v) is 23.1. The Bertz CT molecular complexity index is 1770. The molecule has 4 N–H and O–H groups in total. The van der Waals surface area contributed by atoms with E-state index < -0.39 is 6.04 Å². The van der Waals surface area contributed by atoms with Crippen LogP contribution in [-0.2, 0) is 11.2 Å². The largest absolute Gasteiger partial charge is 0.504 e. The number of aromatic amines is 1. The normalized spacial score (nSPS) is 14.2. The smallest absolute Gasteiger partial charge is 0.222 e. The predicted molar refractivity (Wildman–Crippen MR) is 155 cm³/mol. The molecule has 41 heavy (non-hydrogen) atoms. The van der Waals surface area contributed by atoms with Crippen molar-refractivity contribution >= 4 is 34.1 Å². The Morgan fingerprint density at radius 2 is 1.85 bits per heavy atom. The number of hydrogen-bond donors (Lipinski definition) is 4. The van der Waals surface area contributed by atoms with Gasteiger partial charge in [0.25, 0.3) is 0 Å². The Labute approximate surface area is 240 Å². The number of hydrogen-bond acceptors (Lipinski definition) is 7. The molecule has 0 saturated heterocycles. The highest BCUT2D eigenvalue weighted by Crippen LogP contribution is 2.35. The van der Waals surface area contributed by atoms with Crippen molar-refractivity contribution < 1.29 is 19.7 Å². The lowest BCUT2D eigenvalue weighted by Gasteiger charge is -2.14. The quantitative estimate of drug-likeness (QED) is 0.208. The molecule has 1 aliphatic heterocycles. The van der Waals surface area contributed by atoms with Crippen molar-refractivity contribution in [3.8, 4) is 22.9 Å². The second kappa shape index (κ2) is 10.6. The lowest BCUT2D eigenvalue weighted by molar-refractivity contribution is -0.121. The molecule has 0 unspecified atom stereocenters. The first kappa shape index (κ1) is 26.4. The van der Waals surface area contributed by atoms with Crippen LogP contribution in [0.4, 0.5) is 0 Å². The molecule has 2 aromatic heterocycles. The van der Waals surface area contributed by atoms with E-state index in [1.165, 1.54) is 12.1 Å². The van der Waals surface area contributed by atoms with Gasteiger partial charge in [-0.3, -0.25) is 14.4 Å². The van der Waals surface area contributed by atoms with E-state index in [2.05, 4.69) is 20.5 Å². The fraction of sp³-hybridized carbons (Fsp3) is 0.200. The minimum absolute atomic E-state index is 0.0643. The Morgan fingerprint density at radius 3 is 2.63 bits per heavy atom. The molecule has 11 heteroatoms. The minimum Gasteiger partial charge on any atom is -0.504 e. The highest BCUT2D eigenvalue weighted by atomic mass is 35.5. The van der Waals surface area contributed by atoms with Crippen LogP contribution in [0.3, 0.4) is 0 Å². The van der Waals surface area contributed by atoms with Gasteiger partial charge in [-0.1, -0.05) is 23.7 Å². The molecule has 0 fully saturated rings. The van der Waals surface area contributed by atoms with Crippen molar-refractivity contribution in [2.45, 2.75) is 25.8 Å². The summed E-state index contributed by atoms with van der Waals surface area (Å²) in [6.07, 6.45) is 0.598. The lowest BCUT2D eigenvalue weighted by atomic mass is 10.00. The monoisotopic (exact) mass is 570 g/mol. The number of nitrogens with one attached hydrogen (secondary N) is 2. The SMILES string of the molecule is COc1ccc2c(c1)C(c1ccc(Cl)cc1)=N[C@@H](CC(=O)NCCc1cc3cc(O)c(O)cc3[nH]1)c1nnc(C)n1-2. The van der Waals surface area contributed by atoms with Gasteiger partial charge in [0.1, 0.15) is 17.6 Å². The van der Waals surface area contributed by atoms with Crippen molar-refractivity contribution in [1.29, 1.82) is 0 Å². The van der Waals surface area contributed by atoms with Crippen LogP contribution >= 0.6 is 11.6 Å². The molecule has 6 rings (SSSR count). The number of methoxy groups -OCH3 is 1. The van der Waals surface area contributed by atoms with Crippen molar-refractivity contribution in [1.82, 2.24) is 25.1 Å². The molecular formula is C30H27ClN6O4. The number of carbonyl (C=O) groups is 1. The average Bonchev–Trinajstić information content (AvgIpc) is 3.50. The second-order valence-corrected chi connectivity index (χ2v) is 10.3. The molecule has 3 aromatic carbocycles. The molecule has 0 bridgehead atoms. The number of rotatable bonds is 7. The van der Waals surface area contributed by atoms with Crippen LogP contribution in [-0.4, -0.2) is 55.2 Å². The Hall–Kier alpha value is -4.83. The van der Waals surface area contributed by atoms with Gasteiger partial charge in [0.05, 0.1) is 24.9 Å². The maximum atomic E-state index is 13.2. The number of phenols is 2. The number of aromatic nitrogens is 4. The number of carbonyl (C=O) groups excluding carboxylic acids is 1. The van der Waals surface area contributed by atoms with Gasteiger partial charge in [0, 0.05) is 51.8 Å². The highest BCUT2D eigenvalue weighted by molar-refractivity contribution is 6.30. The fourth-order valence-corrected chi connectivity index (χ4v) is 5.24. The average molecular weight is 571 g/mol. The topological polar surface area (TPSA) is 138 Å². The van der Waals surface area contributed by atoms with Gasteiger partial charge < -0.3 is 25.3 Å². The molecule has 3 heterocycles. The summed E-state index contributed by atoms with van der Waals surface area (Å²) in [6.45, 7) is 2.25. The van der Waals surface area contributed by atoms with E-state index in [9.17, 15) is 15.0 Å². The van der Waals surface area contributed by atoms with E-state index in [0.717, 1.165) is 27.9 Å². The number of phenolic OH excluding ortho intramolecular Hbond substituents is 2. The van der Waals surface area contributed by atoms with Crippen molar-refractivity contribution in [2.75, 3.05) is 13.7 Å². The van der Waals surface area contributed by atoms with Crippen molar-refractivity contribution in [3.63, 3.8) is 0 Å². The van der Waals surface area contributed by atoms with Crippen LogP contribution in [0.5, 0.6) is 17.2 Å². The van der Waals surface area contributed by atoms with Crippen LogP contribution in [0.15, 0.2) is 65.7 Å². The Morgan fingerprint density at radius 1 is 1.07 bits per heavy atom. The Balaban J connectivity index is 1.28. The van der Waals surface area contributed by atoms with Gasteiger partial charge in [0.15, 0.2) is 17.3 Å². The molecule has 0 radical (unpaired) electrons. The summed E-state index contributed by atoms with van der Waals surface area (Å²) < 4.78 is 7.46. The van der Waals surface area contributed by atoms with E-state index in [1.54, 1.807) is 7.11 Å². The van der Waals surface area contributed by atoms with E-state index in [1.807, 2.05) is 60.0 Å². The number of H-pyrrole nitrogens is 1. The molecule has 1 atom stereocenters. The van der Waals surface area contributed by atoms with Gasteiger partial charge in [-0.25, -0.2) is 0 Å². The van der Waals surface area contributed by atoms with Gasteiger partial charge in [-0.15, -0.1) is 10.2 Å². The lowest BCUT2D eigenvalue weighted by Crippen LogP contribution is -2.27. The molecule has 208 valence electrons. The first-order chi connectivity index (χ1) is 19.8. The maximum Gasteiger partial charge on any atom is 0.222 e. The third kappa shape index (κ3) is 5.09. The first-order valence-corrected chi connectivity index (χ1v) is 13.4. The molecule has 10 nitrogen and oxygen atoms in total. The fourth-order valence-electron chi connectivity index (χ4n) is 5.11. The first-order valence-electron chi connectivity index (χ1n) is 13.1. The van der Waals surface area contributed by atoms with E-state index in [-0.39, 0.29) is 23.8 Å². The van der Waals surface area contributed by atoms with E-state index in [0.29, 0.717) is 46.6 Å². The number of nitrogens with zero attached hydrogens (tertiary/aromatic N) is 4. The summed E-state index contributed by atoms with van der Waals surface area (Å²) >= 11 is 6.17. The summed E-state index contributed by atoms with van der Waals surface area (Å²) in [7, 11) is 1.61. The number of aliphatic imine (C=N–C) groups is 1. The molecule has 0 aliphatic carbocycles. The maximum absolute atomic E-state index is 13.2. The van der Waals surface area contributed by atoms with Gasteiger partial charge in [-0.05, 0) is 49.4 Å². The van der Waals surface area contributed by atoms with E-state index in [4.69, 9.17) is 21.3 Å². The second-order valence-electron chi connectivity index (χ2n) is 9.85. The van der Waals surface area contributed by atoms with Crippen LogP contribution in [0.25, 0.3) is 16.6 Å². The highest BCUT2D eigenvalue weighted by Gasteiger charge is 2.30. The molecule has 1 amide bonds. The molecule has 0 saturated carbocycles. The number of aromatic hydroxyl groups is 2. The van der Waals surface area contributed by atoms with Crippen LogP contribution in [0.1, 0.15) is 40.9 Å². The van der Waals surface area contributed by atoms with Crippen LogP contribution in [0.2, 0.25) is 5.02 Å². The summed E-state index contributed by atoms with van der Waals surface area (Å²) in [6, 6.07) is 17.4. The van der Waals surface area contributed by atoms with E-state index >= 15 is 0 Å². The molecular weight excluding hydrogens is 544 g/mol. The van der Waals surface area contributed by atoms with Crippen molar-refractivity contribution in [2.24, 2.45) is 4.99 Å². The molecule has 1 aliphatic rings. The third-order valence-electron chi connectivity index (χ3n) is 7.12. The van der Waals surface area contributed by atoms with Crippen molar-refractivity contribution in [3.05, 3.63) is 94.2 Å². The van der Waals surface area contributed by atoms with Gasteiger partial charge in [0.2, 0.25) is 5.91 Å². The summed E-state index contributed by atoms with van der Waals surface area (Å²) in [5.41, 5.74) is 4.78. The molecule has 0 spiro atoms. The Kier molecular flexibility index (Phi) is 6.84. The van der Waals surface area contributed by atoms with Crippen LogP contribution in [0, 0.1) is 6.92 Å². The van der Waals surface area contributed by atoms with Crippen LogP contribution < -0.4 is 10.1 Å². The zero-order chi connectivity index (χ0) is 28.7. The third-order valence-corrected chi connectivity index (χ3v) is 7.37. The summed E-state index contributed by atoms with van der Waals surface area (Å²) in [4.78, 5) is 21.5. The molecule has 5 aromatic rings. The number of amides is 1. The summed E-state index contributed by atoms with van der Waals surface area (Å²) in [5, 5.41) is 32.6. The summed E-state index contributed by atoms with van der Waals surface area (Å²) in [5.74, 6) is 1.38. The predicted octanol–water partition coefficient (Wildman–Crippen LogP) is 4.77.